The van der Waals surface area contributed by atoms with Crippen molar-refractivity contribution in [2.45, 2.75) is 45.6 Å². The molecule has 192 valence electrons. The summed E-state index contributed by atoms with van der Waals surface area (Å²) >= 11 is 9.49. The normalized spacial score (nSPS) is 17.4. The number of ketones is 1. The molecule has 1 heterocycles. The Morgan fingerprint density at radius 2 is 1.79 bits per heavy atom. The summed E-state index contributed by atoms with van der Waals surface area (Å²) in [4.78, 5) is 15.4. The fourth-order valence-electron chi connectivity index (χ4n) is 5.36. The first-order valence-electron chi connectivity index (χ1n) is 12.5. The third-order valence-electron chi connectivity index (χ3n) is 7.24. The maximum Gasteiger partial charge on any atom is 0.161 e. The zero-order valence-electron chi connectivity index (χ0n) is 21.2. The zero-order valence-corrected chi connectivity index (χ0v) is 23.6. The summed E-state index contributed by atoms with van der Waals surface area (Å²) in [6.45, 7) is 4.41. The molecule has 1 aliphatic heterocycles. The largest absolute Gasteiger partial charge is 0.489 e. The van der Waals surface area contributed by atoms with Crippen LogP contribution in [0.25, 0.3) is 0 Å². The van der Waals surface area contributed by atoms with Crippen molar-refractivity contribution in [2.75, 3.05) is 4.90 Å². The number of aryl methyl sites for hydroxylation is 2. The number of nitriles is 1. The molecule has 0 radical (unpaired) electrons. The van der Waals surface area contributed by atoms with Gasteiger partial charge in [-0.3, -0.25) is 9.69 Å². The number of benzene rings is 3. The summed E-state index contributed by atoms with van der Waals surface area (Å²) in [5.74, 6) is 0.627. The molecule has 1 atom stereocenters. The highest BCUT2D eigenvalue weighted by molar-refractivity contribution is 9.10. The van der Waals surface area contributed by atoms with Gasteiger partial charge >= 0.3 is 0 Å². The Morgan fingerprint density at radius 1 is 1.08 bits per heavy atom. The van der Waals surface area contributed by atoms with E-state index in [9.17, 15) is 10.1 Å². The smallest absolute Gasteiger partial charge is 0.161 e. The lowest BCUT2D eigenvalue weighted by molar-refractivity contribution is -0.116. The molecule has 0 aromatic heterocycles. The Hall–Kier alpha value is -3.53. The first kappa shape index (κ1) is 26.1. The summed E-state index contributed by atoms with van der Waals surface area (Å²) in [6, 6.07) is 21.5. The van der Waals surface area contributed by atoms with E-state index in [1.54, 1.807) is 12.1 Å². The predicted octanol–water partition coefficient (Wildman–Crippen LogP) is 7.60. The van der Waals surface area contributed by atoms with Gasteiger partial charge in [0.1, 0.15) is 18.2 Å². The highest BCUT2D eigenvalue weighted by Crippen LogP contribution is 2.47. The van der Waals surface area contributed by atoms with Crippen molar-refractivity contribution < 1.29 is 9.53 Å². The van der Waals surface area contributed by atoms with Crippen molar-refractivity contribution in [1.82, 2.24) is 0 Å². The summed E-state index contributed by atoms with van der Waals surface area (Å²) in [6.07, 6.45) is 1.92. The lowest BCUT2D eigenvalue weighted by Gasteiger charge is -2.40. The molecule has 7 heteroatoms. The Labute approximate surface area is 236 Å². The topological polar surface area (TPSA) is 79.4 Å². The SMILES string of the molecule is Cc1cc(C)c(C2C(C#N)=C(N)N(c3ccc(Br)cc3)C3=C2C(=O)CCC3)cc1COc1ccc(Cl)cc1. The van der Waals surface area contributed by atoms with Crippen LogP contribution in [0.5, 0.6) is 5.75 Å². The second kappa shape index (κ2) is 10.7. The first-order valence-corrected chi connectivity index (χ1v) is 13.7. The number of carbonyl (C=O) groups is 1. The number of hydrogen-bond donors (Lipinski definition) is 1. The number of allylic oxidation sites excluding steroid dienone is 3. The molecule has 1 unspecified atom stereocenters. The van der Waals surface area contributed by atoms with Crippen LogP contribution in [0, 0.1) is 25.2 Å². The summed E-state index contributed by atoms with van der Waals surface area (Å²) < 4.78 is 6.99. The van der Waals surface area contributed by atoms with Gasteiger partial charge in [-0.2, -0.15) is 5.26 Å². The van der Waals surface area contributed by atoms with Crippen molar-refractivity contribution >= 4 is 39.0 Å². The van der Waals surface area contributed by atoms with Gasteiger partial charge < -0.3 is 10.5 Å². The van der Waals surface area contributed by atoms with Crippen molar-refractivity contribution in [2.24, 2.45) is 5.73 Å². The maximum absolute atomic E-state index is 13.5. The number of Topliss-reactive ketones (excluding diaryl/α,β-unsaturated/α-hetero) is 1. The monoisotopic (exact) mass is 587 g/mol. The molecule has 2 N–H and O–H groups in total. The van der Waals surface area contributed by atoms with Crippen LogP contribution in [0.15, 0.2) is 87.8 Å². The zero-order chi connectivity index (χ0) is 27.0. The highest BCUT2D eigenvalue weighted by atomic mass is 79.9. The lowest BCUT2D eigenvalue weighted by atomic mass is 9.74. The molecule has 5 rings (SSSR count). The van der Waals surface area contributed by atoms with Crippen molar-refractivity contribution in [3.05, 3.63) is 115 Å². The van der Waals surface area contributed by atoms with Crippen molar-refractivity contribution in [3.8, 4) is 11.8 Å². The Morgan fingerprint density at radius 3 is 2.47 bits per heavy atom. The van der Waals surface area contributed by atoms with Gasteiger partial charge in [0, 0.05) is 32.9 Å². The van der Waals surface area contributed by atoms with Crippen LogP contribution in [-0.2, 0) is 11.4 Å². The van der Waals surface area contributed by atoms with E-state index in [0.29, 0.717) is 47.2 Å². The molecule has 0 bridgehead atoms. The first-order chi connectivity index (χ1) is 18.3. The molecule has 0 saturated heterocycles. The van der Waals surface area contributed by atoms with Crippen LogP contribution in [0.4, 0.5) is 5.69 Å². The molecule has 1 aliphatic carbocycles. The summed E-state index contributed by atoms with van der Waals surface area (Å²) in [7, 11) is 0. The number of nitrogens with two attached hydrogens (primary N) is 1. The van der Waals surface area contributed by atoms with Gasteiger partial charge in [-0.25, -0.2) is 0 Å². The van der Waals surface area contributed by atoms with E-state index in [0.717, 1.165) is 44.5 Å². The Kier molecular flexibility index (Phi) is 7.34. The van der Waals surface area contributed by atoms with E-state index in [2.05, 4.69) is 34.1 Å². The van der Waals surface area contributed by atoms with Crippen molar-refractivity contribution in [3.63, 3.8) is 0 Å². The lowest BCUT2D eigenvalue weighted by Crippen LogP contribution is -2.38. The van der Waals surface area contributed by atoms with Crippen LogP contribution in [0.1, 0.15) is 47.4 Å². The van der Waals surface area contributed by atoms with Gasteiger partial charge in [0.05, 0.1) is 17.6 Å². The van der Waals surface area contributed by atoms with Crippen LogP contribution in [-0.4, -0.2) is 5.78 Å². The molecule has 3 aromatic carbocycles. The molecule has 0 fully saturated rings. The minimum atomic E-state index is -0.524. The number of carbonyl (C=O) groups excluding carboxylic acids is 1. The standard InChI is InChI=1S/C31H27BrClN3O2/c1-18-14-19(2)25(15-20(18)17-38-24-12-8-22(33)9-13-24)29-26(16-34)31(35)36(23-10-6-21(32)7-11-23)27-4-3-5-28(37)30(27)29/h6-15,29H,3-5,17,35H2,1-2H3. The molecule has 38 heavy (non-hydrogen) atoms. The van der Waals surface area contributed by atoms with E-state index in [-0.39, 0.29) is 5.78 Å². The third-order valence-corrected chi connectivity index (χ3v) is 8.02. The number of anilines is 1. The van der Waals surface area contributed by atoms with E-state index in [4.69, 9.17) is 22.1 Å². The van der Waals surface area contributed by atoms with E-state index in [1.807, 2.05) is 55.1 Å². The van der Waals surface area contributed by atoms with Crippen LogP contribution in [0.3, 0.4) is 0 Å². The minimum Gasteiger partial charge on any atom is -0.489 e. The molecule has 3 aromatic rings. The number of ether oxygens (including phenoxy) is 1. The van der Waals surface area contributed by atoms with Gasteiger partial charge in [0.25, 0.3) is 0 Å². The fourth-order valence-corrected chi connectivity index (χ4v) is 5.75. The summed E-state index contributed by atoms with van der Waals surface area (Å²) in [5.41, 5.74) is 13.5. The van der Waals surface area contributed by atoms with Crippen LogP contribution < -0.4 is 15.4 Å². The average Bonchev–Trinajstić information content (AvgIpc) is 2.90. The number of nitrogens with zero attached hydrogens (tertiary/aromatic N) is 2. The van der Waals surface area contributed by atoms with Crippen LogP contribution in [0.2, 0.25) is 5.02 Å². The average molecular weight is 589 g/mol. The van der Waals surface area contributed by atoms with Gasteiger partial charge in [0.15, 0.2) is 5.78 Å². The maximum atomic E-state index is 13.5. The molecule has 2 aliphatic rings. The Bertz CT molecular complexity index is 1520. The molecule has 0 saturated carbocycles. The van der Waals surface area contributed by atoms with Gasteiger partial charge in [-0.1, -0.05) is 39.7 Å². The van der Waals surface area contributed by atoms with Crippen LogP contribution >= 0.6 is 27.5 Å². The molecule has 0 amide bonds. The second-order valence-corrected chi connectivity index (χ2v) is 11.0. The predicted molar refractivity (Wildman–Crippen MR) is 154 cm³/mol. The minimum absolute atomic E-state index is 0.0672. The Balaban J connectivity index is 1.61. The van der Waals surface area contributed by atoms with Gasteiger partial charge in [-0.15, -0.1) is 0 Å². The highest BCUT2D eigenvalue weighted by Gasteiger charge is 2.41. The molecule has 0 spiro atoms. The van der Waals surface area contributed by atoms with E-state index < -0.39 is 5.92 Å². The van der Waals surface area contributed by atoms with Crippen molar-refractivity contribution in [1.29, 1.82) is 5.26 Å². The second-order valence-electron chi connectivity index (χ2n) is 9.67. The number of halogens is 2. The van der Waals surface area contributed by atoms with Gasteiger partial charge in [-0.05, 0) is 97.5 Å². The van der Waals surface area contributed by atoms with E-state index in [1.165, 1.54) is 0 Å². The summed E-state index contributed by atoms with van der Waals surface area (Å²) in [5, 5.41) is 11.0. The molecular formula is C31H27BrClN3O2. The van der Waals surface area contributed by atoms with Gasteiger partial charge in [0.2, 0.25) is 0 Å². The van der Waals surface area contributed by atoms with E-state index >= 15 is 0 Å². The molecule has 5 nitrogen and oxygen atoms in total. The molecular weight excluding hydrogens is 562 g/mol. The third kappa shape index (κ3) is 4.84. The number of hydrogen-bond acceptors (Lipinski definition) is 5. The quantitative estimate of drug-likeness (QED) is 0.332. The number of rotatable bonds is 5. The fraction of sp³-hybridized carbons (Fsp3) is 0.226.